The van der Waals surface area contributed by atoms with Gasteiger partial charge in [-0.2, -0.15) is 0 Å². The van der Waals surface area contributed by atoms with Gasteiger partial charge in [-0.3, -0.25) is 14.4 Å². The number of aromatic amines is 1. The monoisotopic (exact) mass is 468 g/mol. The first-order valence-corrected chi connectivity index (χ1v) is 10.9. The van der Waals surface area contributed by atoms with Gasteiger partial charge in [0.15, 0.2) is 0 Å². The number of aliphatic carboxylic acids is 1. The fraction of sp³-hybridized carbons (Fsp3) is 0.667. The second kappa shape index (κ2) is 12.9. The average Bonchev–Trinajstić information content (AvgIpc) is 3.20. The van der Waals surface area contributed by atoms with Gasteiger partial charge in [-0.25, -0.2) is 9.78 Å². The van der Waals surface area contributed by atoms with E-state index in [4.69, 9.17) is 5.73 Å². The maximum atomic E-state index is 12.9. The number of hydrogen-bond acceptors (Lipinski definition) is 7. The first kappa shape index (κ1) is 28.0. The first-order chi connectivity index (χ1) is 15.3. The zero-order chi connectivity index (χ0) is 25.3. The number of nitrogens with one attached hydrogen (secondary N) is 4. The van der Waals surface area contributed by atoms with E-state index in [9.17, 15) is 29.4 Å². The van der Waals surface area contributed by atoms with E-state index in [1.807, 2.05) is 13.8 Å². The number of imidazole rings is 1. The fourth-order valence-electron chi connectivity index (χ4n) is 3.13. The third-order valence-corrected chi connectivity index (χ3v) is 4.97. The molecule has 186 valence electrons. The third kappa shape index (κ3) is 9.18. The zero-order valence-corrected chi connectivity index (χ0v) is 19.7. The number of aromatic nitrogens is 2. The molecule has 1 heterocycles. The molecule has 0 spiro atoms. The number of rotatable bonds is 13. The number of carbonyl (C=O) groups excluding carboxylic acids is 3. The maximum Gasteiger partial charge on any atom is 0.326 e. The summed E-state index contributed by atoms with van der Waals surface area (Å²) in [6, 6.07) is -4.60. The number of amides is 3. The topological polar surface area (TPSA) is 200 Å². The highest BCUT2D eigenvalue weighted by Gasteiger charge is 2.33. The Bertz CT molecular complexity index is 795. The van der Waals surface area contributed by atoms with Gasteiger partial charge in [0.2, 0.25) is 17.7 Å². The van der Waals surface area contributed by atoms with Crippen LogP contribution in [0.1, 0.15) is 46.7 Å². The molecule has 0 aliphatic carbocycles. The van der Waals surface area contributed by atoms with Crippen molar-refractivity contribution in [3.05, 3.63) is 18.2 Å². The van der Waals surface area contributed by atoms with Crippen LogP contribution in [-0.2, 0) is 25.6 Å². The first-order valence-electron chi connectivity index (χ1n) is 10.9. The van der Waals surface area contributed by atoms with E-state index in [-0.39, 0.29) is 12.3 Å². The van der Waals surface area contributed by atoms with Gasteiger partial charge in [-0.05, 0) is 25.2 Å². The van der Waals surface area contributed by atoms with Crippen LogP contribution in [0, 0.1) is 11.8 Å². The van der Waals surface area contributed by atoms with Gasteiger partial charge >= 0.3 is 5.97 Å². The zero-order valence-electron chi connectivity index (χ0n) is 19.7. The molecule has 0 saturated heterocycles. The number of aliphatic hydroxyl groups excluding tert-OH is 1. The quantitative estimate of drug-likeness (QED) is 0.189. The standard InChI is InChI=1S/C21H36N6O6/c1-10(2)6-14(22)18(29)27-17(12(5)28)20(31)25-15(7-13-8-23-9-24-13)19(30)26-16(11(3)4)21(32)33/h8-12,14-17,28H,6-7,22H2,1-5H3,(H,23,24)(H,25,31)(H,26,30)(H,27,29)(H,32,33). The van der Waals surface area contributed by atoms with Crippen molar-refractivity contribution in [3.63, 3.8) is 0 Å². The number of carboxylic acid groups (broad SMARTS) is 1. The van der Waals surface area contributed by atoms with Crippen LogP contribution in [0.15, 0.2) is 12.5 Å². The molecule has 0 aliphatic heterocycles. The van der Waals surface area contributed by atoms with E-state index < -0.39 is 59.9 Å². The predicted molar refractivity (Wildman–Crippen MR) is 120 cm³/mol. The molecule has 5 unspecified atom stereocenters. The SMILES string of the molecule is CC(C)CC(N)C(=O)NC(C(=O)NC(Cc1cnc[nH]1)C(=O)NC(C(=O)O)C(C)C)C(C)O. The van der Waals surface area contributed by atoms with E-state index in [0.717, 1.165) is 0 Å². The highest BCUT2D eigenvalue weighted by atomic mass is 16.4. The van der Waals surface area contributed by atoms with Gasteiger partial charge in [-0.1, -0.05) is 27.7 Å². The summed E-state index contributed by atoms with van der Waals surface area (Å²) >= 11 is 0. The van der Waals surface area contributed by atoms with Gasteiger partial charge in [0.1, 0.15) is 18.1 Å². The van der Waals surface area contributed by atoms with Crippen LogP contribution in [0.2, 0.25) is 0 Å². The van der Waals surface area contributed by atoms with Crippen LogP contribution in [0.25, 0.3) is 0 Å². The van der Waals surface area contributed by atoms with E-state index in [2.05, 4.69) is 25.9 Å². The molecule has 0 aromatic carbocycles. The summed E-state index contributed by atoms with van der Waals surface area (Å²) in [5.74, 6) is -3.61. The van der Waals surface area contributed by atoms with Crippen LogP contribution in [0.3, 0.4) is 0 Å². The summed E-state index contributed by atoms with van der Waals surface area (Å²) in [6.45, 7) is 8.39. The van der Waals surface area contributed by atoms with Gasteiger partial charge in [-0.15, -0.1) is 0 Å². The van der Waals surface area contributed by atoms with Gasteiger partial charge in [0, 0.05) is 18.3 Å². The molecule has 12 nitrogen and oxygen atoms in total. The molecule has 1 aromatic rings. The lowest BCUT2D eigenvalue weighted by Crippen LogP contribution is -2.60. The lowest BCUT2D eigenvalue weighted by atomic mass is 10.0. The molecule has 0 radical (unpaired) electrons. The van der Waals surface area contributed by atoms with Crippen molar-refractivity contribution in [3.8, 4) is 0 Å². The van der Waals surface area contributed by atoms with Crippen LogP contribution in [-0.4, -0.2) is 74.1 Å². The van der Waals surface area contributed by atoms with Crippen molar-refractivity contribution in [1.29, 1.82) is 0 Å². The van der Waals surface area contributed by atoms with Crippen molar-refractivity contribution >= 4 is 23.7 Å². The molecular weight excluding hydrogens is 432 g/mol. The lowest BCUT2D eigenvalue weighted by Gasteiger charge is -2.27. The summed E-state index contributed by atoms with van der Waals surface area (Å²) in [5.41, 5.74) is 6.38. The number of H-pyrrole nitrogens is 1. The summed E-state index contributed by atoms with van der Waals surface area (Å²) in [5, 5.41) is 26.8. The number of hydrogen-bond donors (Lipinski definition) is 7. The van der Waals surface area contributed by atoms with Crippen molar-refractivity contribution in [2.24, 2.45) is 17.6 Å². The second-order valence-corrected chi connectivity index (χ2v) is 8.87. The minimum Gasteiger partial charge on any atom is -0.480 e. The Kier molecular flexibility index (Phi) is 11.0. The number of nitrogens with two attached hydrogens (primary N) is 1. The Morgan fingerprint density at radius 3 is 2.06 bits per heavy atom. The van der Waals surface area contributed by atoms with E-state index >= 15 is 0 Å². The highest BCUT2D eigenvalue weighted by molar-refractivity contribution is 5.94. The molecule has 3 amide bonds. The molecule has 1 rings (SSSR count). The van der Waals surface area contributed by atoms with Crippen molar-refractivity contribution in [2.45, 2.75) is 77.7 Å². The van der Waals surface area contributed by atoms with Crippen LogP contribution in [0.4, 0.5) is 0 Å². The largest absolute Gasteiger partial charge is 0.480 e. The van der Waals surface area contributed by atoms with E-state index in [1.54, 1.807) is 13.8 Å². The molecule has 0 aliphatic rings. The van der Waals surface area contributed by atoms with Gasteiger partial charge in [0.25, 0.3) is 0 Å². The smallest absolute Gasteiger partial charge is 0.326 e. The summed E-state index contributed by atoms with van der Waals surface area (Å²) in [6.07, 6.45) is 1.95. The molecule has 8 N–H and O–H groups in total. The Morgan fingerprint density at radius 2 is 1.61 bits per heavy atom. The lowest BCUT2D eigenvalue weighted by molar-refractivity contribution is -0.143. The number of carbonyl (C=O) groups is 4. The molecule has 12 heteroatoms. The van der Waals surface area contributed by atoms with Crippen molar-refractivity contribution < 1.29 is 29.4 Å². The molecular formula is C21H36N6O6. The molecule has 0 bridgehead atoms. The molecule has 33 heavy (non-hydrogen) atoms. The van der Waals surface area contributed by atoms with Crippen molar-refractivity contribution in [1.82, 2.24) is 25.9 Å². The van der Waals surface area contributed by atoms with E-state index in [0.29, 0.717) is 12.1 Å². The Labute approximate surface area is 193 Å². The fourth-order valence-corrected chi connectivity index (χ4v) is 3.13. The normalized spacial score (nSPS) is 15.9. The highest BCUT2D eigenvalue weighted by Crippen LogP contribution is 2.07. The summed E-state index contributed by atoms with van der Waals surface area (Å²) < 4.78 is 0. The number of carboxylic acids is 1. The van der Waals surface area contributed by atoms with E-state index in [1.165, 1.54) is 19.4 Å². The Morgan fingerprint density at radius 1 is 1.00 bits per heavy atom. The minimum atomic E-state index is -1.37. The Hall–Kier alpha value is -2.99. The van der Waals surface area contributed by atoms with Crippen molar-refractivity contribution in [2.75, 3.05) is 0 Å². The van der Waals surface area contributed by atoms with Crippen LogP contribution < -0.4 is 21.7 Å². The number of aliphatic hydroxyl groups is 1. The molecule has 0 fully saturated rings. The maximum absolute atomic E-state index is 12.9. The summed E-state index contributed by atoms with van der Waals surface area (Å²) in [4.78, 5) is 56.3. The molecule has 0 saturated carbocycles. The summed E-state index contributed by atoms with van der Waals surface area (Å²) in [7, 11) is 0. The second-order valence-electron chi connectivity index (χ2n) is 8.87. The van der Waals surface area contributed by atoms with Crippen LogP contribution in [0.5, 0.6) is 0 Å². The Balaban J connectivity index is 3.02. The molecule has 5 atom stereocenters. The minimum absolute atomic E-state index is 0.0185. The van der Waals surface area contributed by atoms with Gasteiger partial charge in [0.05, 0.1) is 18.5 Å². The molecule has 1 aromatic heterocycles. The predicted octanol–water partition coefficient (Wildman–Crippen LogP) is -1.10. The number of nitrogens with zero attached hydrogens (tertiary/aromatic N) is 1. The van der Waals surface area contributed by atoms with Crippen LogP contribution >= 0.6 is 0 Å². The van der Waals surface area contributed by atoms with Gasteiger partial charge < -0.3 is 36.9 Å². The third-order valence-electron chi connectivity index (χ3n) is 4.97. The average molecular weight is 469 g/mol.